The van der Waals surface area contributed by atoms with Crippen LogP contribution in [0.5, 0.6) is 0 Å². The van der Waals surface area contributed by atoms with E-state index in [9.17, 15) is 4.79 Å². The summed E-state index contributed by atoms with van der Waals surface area (Å²) in [6.45, 7) is 0.558. The van der Waals surface area contributed by atoms with Crippen molar-refractivity contribution in [2.45, 2.75) is 6.42 Å². The Balaban J connectivity index is 2.13. The first kappa shape index (κ1) is 13.3. The van der Waals surface area contributed by atoms with Gasteiger partial charge >= 0.3 is 0 Å². The molecule has 0 unspecified atom stereocenters. The monoisotopic (exact) mass is 259 g/mol. The van der Waals surface area contributed by atoms with Crippen molar-refractivity contribution in [3.63, 3.8) is 0 Å². The van der Waals surface area contributed by atoms with Gasteiger partial charge in [0.2, 0.25) is 0 Å². The molecular formula is C14H17N3O2. The zero-order chi connectivity index (χ0) is 13.7. The van der Waals surface area contributed by atoms with E-state index in [1.54, 1.807) is 16.9 Å². The molecule has 100 valence electrons. The summed E-state index contributed by atoms with van der Waals surface area (Å²) < 4.78 is 1.73. The second kappa shape index (κ2) is 6.15. The van der Waals surface area contributed by atoms with Crippen molar-refractivity contribution >= 4 is 5.91 Å². The summed E-state index contributed by atoms with van der Waals surface area (Å²) in [6.07, 6.45) is 4.24. The van der Waals surface area contributed by atoms with E-state index in [1.807, 2.05) is 31.4 Å². The lowest BCUT2D eigenvalue weighted by atomic mass is 10.1. The maximum absolute atomic E-state index is 11.9. The number of hydrogen-bond donors (Lipinski definition) is 2. The average Bonchev–Trinajstić information content (AvgIpc) is 2.86. The van der Waals surface area contributed by atoms with Crippen molar-refractivity contribution < 1.29 is 9.90 Å². The van der Waals surface area contributed by atoms with E-state index >= 15 is 0 Å². The van der Waals surface area contributed by atoms with Gasteiger partial charge in [-0.15, -0.1) is 0 Å². The standard InChI is InChI=1S/C14H17N3O2/c1-17-10-13(9-16-17)11-4-2-5-12(8-11)14(19)15-6-3-7-18/h2,4-5,8-10,18H,3,6-7H2,1H3,(H,15,19). The number of aliphatic hydroxyl groups is 1. The van der Waals surface area contributed by atoms with Crippen LogP contribution in [0.2, 0.25) is 0 Å². The van der Waals surface area contributed by atoms with E-state index in [0.717, 1.165) is 11.1 Å². The number of nitrogens with zero attached hydrogens (tertiary/aromatic N) is 2. The Morgan fingerprint density at radius 2 is 2.26 bits per heavy atom. The van der Waals surface area contributed by atoms with Crippen molar-refractivity contribution in [3.05, 3.63) is 42.2 Å². The molecule has 0 aliphatic carbocycles. The highest BCUT2D eigenvalue weighted by atomic mass is 16.3. The summed E-state index contributed by atoms with van der Waals surface area (Å²) in [5.74, 6) is -0.126. The molecule has 19 heavy (non-hydrogen) atoms. The topological polar surface area (TPSA) is 67.2 Å². The fourth-order valence-corrected chi connectivity index (χ4v) is 1.79. The van der Waals surface area contributed by atoms with E-state index < -0.39 is 0 Å². The molecule has 5 nitrogen and oxygen atoms in total. The van der Waals surface area contributed by atoms with Gasteiger partial charge in [0.15, 0.2) is 0 Å². The normalized spacial score (nSPS) is 10.4. The average molecular weight is 259 g/mol. The highest BCUT2D eigenvalue weighted by molar-refractivity contribution is 5.95. The van der Waals surface area contributed by atoms with E-state index in [2.05, 4.69) is 10.4 Å². The van der Waals surface area contributed by atoms with Crippen LogP contribution < -0.4 is 5.32 Å². The summed E-state index contributed by atoms with van der Waals surface area (Å²) in [6, 6.07) is 7.41. The van der Waals surface area contributed by atoms with Crippen molar-refractivity contribution in [3.8, 4) is 11.1 Å². The van der Waals surface area contributed by atoms with Crippen LogP contribution in [0.25, 0.3) is 11.1 Å². The summed E-state index contributed by atoms with van der Waals surface area (Å²) in [4.78, 5) is 11.9. The Kier molecular flexibility index (Phi) is 4.30. The SMILES string of the molecule is Cn1cc(-c2cccc(C(=O)NCCCO)c2)cn1. The van der Waals surface area contributed by atoms with Crippen molar-refractivity contribution in [1.82, 2.24) is 15.1 Å². The van der Waals surface area contributed by atoms with Crippen LogP contribution in [0.4, 0.5) is 0 Å². The molecular weight excluding hydrogens is 242 g/mol. The second-order valence-corrected chi connectivity index (χ2v) is 4.32. The number of carbonyl (C=O) groups is 1. The molecule has 1 amide bonds. The number of hydrogen-bond acceptors (Lipinski definition) is 3. The van der Waals surface area contributed by atoms with Gasteiger partial charge in [-0.3, -0.25) is 9.48 Å². The van der Waals surface area contributed by atoms with Crippen molar-refractivity contribution in [2.24, 2.45) is 7.05 Å². The van der Waals surface area contributed by atoms with Gasteiger partial charge < -0.3 is 10.4 Å². The lowest BCUT2D eigenvalue weighted by Crippen LogP contribution is -2.24. The minimum atomic E-state index is -0.126. The molecule has 5 heteroatoms. The first-order valence-electron chi connectivity index (χ1n) is 6.19. The lowest BCUT2D eigenvalue weighted by Gasteiger charge is -2.05. The van der Waals surface area contributed by atoms with Gasteiger partial charge in [0.05, 0.1) is 6.20 Å². The number of rotatable bonds is 5. The van der Waals surface area contributed by atoms with Crippen LogP contribution in [0.1, 0.15) is 16.8 Å². The van der Waals surface area contributed by atoms with Gasteiger partial charge in [0, 0.05) is 37.5 Å². The second-order valence-electron chi connectivity index (χ2n) is 4.32. The number of aryl methyl sites for hydroxylation is 1. The number of benzene rings is 1. The molecule has 1 aromatic carbocycles. The number of carbonyl (C=O) groups excluding carboxylic acids is 1. The van der Waals surface area contributed by atoms with Crippen LogP contribution >= 0.6 is 0 Å². The van der Waals surface area contributed by atoms with Crippen molar-refractivity contribution in [2.75, 3.05) is 13.2 Å². The van der Waals surface area contributed by atoms with Crippen LogP contribution in [-0.4, -0.2) is 33.9 Å². The minimum Gasteiger partial charge on any atom is -0.396 e. The van der Waals surface area contributed by atoms with Crippen LogP contribution in [-0.2, 0) is 7.05 Å². The third kappa shape index (κ3) is 3.42. The zero-order valence-corrected chi connectivity index (χ0v) is 10.8. The molecule has 0 fully saturated rings. The third-order valence-electron chi connectivity index (χ3n) is 2.78. The Hall–Kier alpha value is -2.14. The van der Waals surface area contributed by atoms with E-state index in [0.29, 0.717) is 18.5 Å². The highest BCUT2D eigenvalue weighted by Crippen LogP contribution is 2.19. The Bertz CT molecular complexity index is 563. The molecule has 0 atom stereocenters. The van der Waals surface area contributed by atoms with Crippen LogP contribution in [0.3, 0.4) is 0 Å². The molecule has 2 rings (SSSR count). The van der Waals surface area contributed by atoms with E-state index in [4.69, 9.17) is 5.11 Å². The van der Waals surface area contributed by atoms with Gasteiger partial charge in [-0.25, -0.2) is 0 Å². The first-order chi connectivity index (χ1) is 9.20. The minimum absolute atomic E-state index is 0.0794. The van der Waals surface area contributed by atoms with Gasteiger partial charge in [-0.05, 0) is 24.1 Å². The maximum atomic E-state index is 11.9. The molecule has 0 spiro atoms. The quantitative estimate of drug-likeness (QED) is 0.793. The summed E-state index contributed by atoms with van der Waals surface area (Å²) >= 11 is 0. The Morgan fingerprint density at radius 1 is 1.42 bits per heavy atom. The molecule has 1 aromatic heterocycles. The summed E-state index contributed by atoms with van der Waals surface area (Å²) in [5.41, 5.74) is 2.55. The van der Waals surface area contributed by atoms with E-state index in [-0.39, 0.29) is 12.5 Å². The van der Waals surface area contributed by atoms with E-state index in [1.165, 1.54) is 0 Å². The number of nitrogens with one attached hydrogen (secondary N) is 1. The first-order valence-corrected chi connectivity index (χ1v) is 6.19. The van der Waals surface area contributed by atoms with Gasteiger partial charge in [-0.2, -0.15) is 5.10 Å². The molecule has 2 aromatic rings. The smallest absolute Gasteiger partial charge is 0.251 e. The lowest BCUT2D eigenvalue weighted by molar-refractivity contribution is 0.0951. The molecule has 0 aliphatic rings. The number of aliphatic hydroxyl groups excluding tert-OH is 1. The summed E-state index contributed by atoms with van der Waals surface area (Å²) in [7, 11) is 1.86. The van der Waals surface area contributed by atoms with Crippen LogP contribution in [0, 0.1) is 0 Å². The molecule has 2 N–H and O–H groups in total. The van der Waals surface area contributed by atoms with Gasteiger partial charge in [-0.1, -0.05) is 12.1 Å². The molecule has 0 saturated carbocycles. The fraction of sp³-hybridized carbons (Fsp3) is 0.286. The molecule has 0 bridgehead atoms. The molecule has 0 aliphatic heterocycles. The summed E-state index contributed by atoms with van der Waals surface area (Å²) in [5, 5.41) is 15.6. The predicted octanol–water partition coefficient (Wildman–Crippen LogP) is 1.20. The highest BCUT2D eigenvalue weighted by Gasteiger charge is 2.07. The number of amides is 1. The molecule has 0 radical (unpaired) electrons. The number of aromatic nitrogens is 2. The molecule has 1 heterocycles. The van der Waals surface area contributed by atoms with Crippen LogP contribution in [0.15, 0.2) is 36.7 Å². The molecule has 0 saturated heterocycles. The zero-order valence-electron chi connectivity index (χ0n) is 10.8. The largest absolute Gasteiger partial charge is 0.396 e. The van der Waals surface area contributed by atoms with Crippen molar-refractivity contribution in [1.29, 1.82) is 0 Å². The maximum Gasteiger partial charge on any atom is 0.251 e. The Morgan fingerprint density at radius 3 is 2.95 bits per heavy atom. The predicted molar refractivity (Wildman–Crippen MR) is 72.7 cm³/mol. The van der Waals surface area contributed by atoms with Gasteiger partial charge in [0.1, 0.15) is 0 Å². The third-order valence-corrected chi connectivity index (χ3v) is 2.78. The van der Waals surface area contributed by atoms with Gasteiger partial charge in [0.25, 0.3) is 5.91 Å². The fourth-order valence-electron chi connectivity index (χ4n) is 1.79. The Labute approximate surface area is 111 Å².